The molecule has 0 heterocycles. The zero-order valence-corrected chi connectivity index (χ0v) is 55.0. The van der Waals surface area contributed by atoms with Crippen molar-refractivity contribution in [3.63, 3.8) is 0 Å². The topological polar surface area (TPSA) is 61.8 Å². The van der Waals surface area contributed by atoms with Crippen LogP contribution in [0.4, 0.5) is 0 Å². The number of phenolic OH excluding ortho intramolecular Hbond substituents is 1. The molecule has 1 amide bonds. The second kappa shape index (κ2) is 40.4. The third-order valence-corrected chi connectivity index (χ3v) is 18.0. The number of hydrogen-bond acceptors (Lipinski definition) is 6. The fraction of sp³-hybridized carbons (Fsp3) is 0.814. The predicted molar refractivity (Wildman–Crippen MR) is 347 cm³/mol. The first-order valence-corrected chi connectivity index (χ1v) is 34.8. The van der Waals surface area contributed by atoms with Crippen LogP contribution in [0.5, 0.6) is 11.5 Å². The van der Waals surface area contributed by atoms with E-state index in [9.17, 15) is 9.90 Å². The Morgan fingerprint density at radius 1 is 0.481 bits per heavy atom. The highest BCUT2D eigenvalue weighted by Crippen LogP contribution is 2.44. The van der Waals surface area contributed by atoms with Crippen molar-refractivity contribution in [1.82, 2.24) is 10.2 Å². The summed E-state index contributed by atoms with van der Waals surface area (Å²) in [6, 6.07) is 9.12. The van der Waals surface area contributed by atoms with Crippen molar-refractivity contribution < 1.29 is 14.6 Å². The molecule has 446 valence electrons. The first kappa shape index (κ1) is 71.3. The van der Waals surface area contributed by atoms with Gasteiger partial charge in [-0.3, -0.25) is 4.79 Å². The number of aryl methyl sites for hydroxylation is 1. The second-order valence-electron chi connectivity index (χ2n) is 27.1. The molecule has 0 aliphatic heterocycles. The molecule has 2 N–H and O–H groups in total. The third kappa shape index (κ3) is 31.3. The molecule has 2 rings (SSSR count). The van der Waals surface area contributed by atoms with Gasteiger partial charge in [0.25, 0.3) is 0 Å². The minimum atomic E-state index is -0.520. The van der Waals surface area contributed by atoms with Gasteiger partial charge in [-0.05, 0) is 76.7 Å². The number of unbranched alkanes of at least 4 members (excludes halogenated alkanes) is 25. The molecule has 0 saturated heterocycles. The van der Waals surface area contributed by atoms with Crippen molar-refractivity contribution >= 4 is 29.4 Å². The van der Waals surface area contributed by atoms with Crippen molar-refractivity contribution in [3.8, 4) is 11.5 Å². The molecule has 7 heteroatoms. The molecule has 0 unspecified atom stereocenters. The van der Waals surface area contributed by atoms with Crippen LogP contribution in [0.3, 0.4) is 0 Å². The Morgan fingerprint density at radius 3 is 1.25 bits per heavy atom. The Morgan fingerprint density at radius 2 is 0.844 bits per heavy atom. The normalized spacial score (nSPS) is 12.5. The largest absolute Gasteiger partial charge is 0.507 e. The lowest BCUT2D eigenvalue weighted by molar-refractivity contribution is -0.130. The predicted octanol–water partition coefficient (Wildman–Crippen LogP) is 20.9. The molecule has 0 spiro atoms. The van der Waals surface area contributed by atoms with Gasteiger partial charge in [0.15, 0.2) is 0 Å². The summed E-state index contributed by atoms with van der Waals surface area (Å²) >= 11 is 4.04. The van der Waals surface area contributed by atoms with E-state index in [-0.39, 0.29) is 22.2 Å². The van der Waals surface area contributed by atoms with Gasteiger partial charge in [0, 0.05) is 59.7 Å². The monoisotopic (exact) mass is 1110 g/mol. The molecule has 0 fully saturated rings. The summed E-state index contributed by atoms with van der Waals surface area (Å²) < 4.78 is 7.16. The molecule has 0 saturated carbocycles. The Labute approximate surface area is 487 Å². The van der Waals surface area contributed by atoms with Gasteiger partial charge < -0.3 is 20.1 Å². The van der Waals surface area contributed by atoms with E-state index in [2.05, 4.69) is 131 Å². The van der Waals surface area contributed by atoms with E-state index < -0.39 is 5.41 Å². The molecule has 5 nitrogen and oxygen atoms in total. The number of carbonyl (C=O) groups excluding carboxylic acids is 1. The molecule has 0 bridgehead atoms. The van der Waals surface area contributed by atoms with Crippen molar-refractivity contribution in [2.24, 2.45) is 0 Å². The van der Waals surface area contributed by atoms with E-state index in [1.54, 1.807) is 0 Å². The highest BCUT2D eigenvalue weighted by Gasteiger charge is 2.33. The molecule has 2 aromatic rings. The molecular formula is C70H126N2O3S2. The number of ether oxygens (including phenoxy) is 1. The van der Waals surface area contributed by atoms with Gasteiger partial charge in [0.05, 0.1) is 6.61 Å². The van der Waals surface area contributed by atoms with Gasteiger partial charge in [0.1, 0.15) is 11.5 Å². The minimum Gasteiger partial charge on any atom is -0.507 e. The quantitative estimate of drug-likeness (QED) is 0.0644. The summed E-state index contributed by atoms with van der Waals surface area (Å²) in [5.41, 5.74) is 5.65. The van der Waals surface area contributed by atoms with Crippen LogP contribution in [0, 0.1) is 0 Å². The Kier molecular flexibility index (Phi) is 37.4. The minimum absolute atomic E-state index is 0.135. The smallest absolute Gasteiger partial charge is 0.222 e. The number of nitrogens with one attached hydrogen (secondary N) is 1. The SMILES string of the molecule is CCCCCCCCCCCCCCCCCCNCc1cc(C(C)(C)C)c(OCC(C)(C)c2cc(CCC(=O)N(CCSCCCCCCCC)CCSCCCCCCCC)cc(C(C)(C)C)c2O)c(C(C)(C)C)c1. The molecule has 0 aliphatic carbocycles. The molecule has 2 aromatic carbocycles. The van der Waals surface area contributed by atoms with Gasteiger partial charge in [-0.1, -0.05) is 282 Å². The molecule has 0 aliphatic rings. The molecular weight excluding hydrogens is 981 g/mol. The number of phenols is 1. The maximum atomic E-state index is 14.2. The van der Waals surface area contributed by atoms with Gasteiger partial charge >= 0.3 is 0 Å². The van der Waals surface area contributed by atoms with Crippen molar-refractivity contribution in [2.45, 2.75) is 318 Å². The maximum Gasteiger partial charge on any atom is 0.222 e. The second-order valence-corrected chi connectivity index (χ2v) is 29.6. The first-order chi connectivity index (χ1) is 36.7. The standard InChI is InChI=1S/C70H126N2O3S2/c1-15-18-21-24-27-28-29-30-31-32-33-34-35-36-37-40-45-71-56-59-54-62(68(7,8)9)66(63(55-59)69(10,11)12)75-57-70(13,14)61-53-58(52-60(65(61)74)67(4,5)6)43-44-64(73)72(46-50-76-48-41-38-25-22-19-16-2)47-51-77-49-42-39-26-23-20-17-3/h52-55,71,74H,15-51,56-57H2,1-14H3. The summed E-state index contributed by atoms with van der Waals surface area (Å²) in [5, 5.41) is 16.0. The van der Waals surface area contributed by atoms with Crippen molar-refractivity contribution in [1.29, 1.82) is 0 Å². The maximum absolute atomic E-state index is 14.2. The first-order valence-electron chi connectivity index (χ1n) is 32.5. The van der Waals surface area contributed by atoms with E-state index in [1.165, 1.54) is 208 Å². The van der Waals surface area contributed by atoms with Crippen LogP contribution in [0.15, 0.2) is 24.3 Å². The summed E-state index contributed by atoms with van der Waals surface area (Å²) in [4.78, 5) is 16.4. The zero-order chi connectivity index (χ0) is 57.0. The zero-order valence-electron chi connectivity index (χ0n) is 53.4. The van der Waals surface area contributed by atoms with Gasteiger partial charge in [-0.15, -0.1) is 0 Å². The van der Waals surface area contributed by atoms with Crippen molar-refractivity contribution in [3.05, 3.63) is 57.6 Å². The number of nitrogens with zero attached hydrogens (tertiary/aromatic N) is 1. The highest BCUT2D eigenvalue weighted by molar-refractivity contribution is 7.99. The summed E-state index contributed by atoms with van der Waals surface area (Å²) in [5.74, 6) is 5.96. The van der Waals surface area contributed by atoms with E-state index in [0.29, 0.717) is 25.2 Å². The number of benzene rings is 2. The summed E-state index contributed by atoms with van der Waals surface area (Å²) in [6.07, 6.45) is 39.3. The van der Waals surface area contributed by atoms with Crippen molar-refractivity contribution in [2.75, 3.05) is 49.3 Å². The number of thioether (sulfide) groups is 2. The Bertz CT molecular complexity index is 1760. The van der Waals surface area contributed by atoms with Gasteiger partial charge in [-0.2, -0.15) is 23.5 Å². The number of aromatic hydroxyl groups is 1. The fourth-order valence-corrected chi connectivity index (χ4v) is 12.6. The van der Waals surface area contributed by atoms with Crippen LogP contribution in [-0.2, 0) is 39.4 Å². The third-order valence-electron chi connectivity index (χ3n) is 15.9. The van der Waals surface area contributed by atoms with Crippen LogP contribution in [0.1, 0.15) is 317 Å². The average Bonchev–Trinajstić information content (AvgIpc) is 3.37. The fourth-order valence-electron chi connectivity index (χ4n) is 10.6. The number of carbonyl (C=O) groups is 1. The number of rotatable bonds is 46. The number of hydrogen-bond donors (Lipinski definition) is 2. The van der Waals surface area contributed by atoms with E-state index in [1.807, 2.05) is 23.5 Å². The van der Waals surface area contributed by atoms with Crippen LogP contribution in [-0.4, -0.2) is 65.2 Å². The van der Waals surface area contributed by atoms with Crippen LogP contribution >= 0.6 is 23.5 Å². The lowest BCUT2D eigenvalue weighted by Crippen LogP contribution is -2.35. The van der Waals surface area contributed by atoms with E-state index in [4.69, 9.17) is 4.74 Å². The van der Waals surface area contributed by atoms with Crippen LogP contribution in [0.25, 0.3) is 0 Å². The Balaban J connectivity index is 2.14. The lowest BCUT2D eigenvalue weighted by atomic mass is 9.77. The Hall–Kier alpha value is -1.83. The summed E-state index contributed by atoms with van der Waals surface area (Å²) in [6.45, 7) is 35.6. The van der Waals surface area contributed by atoms with E-state index in [0.717, 1.165) is 60.1 Å². The summed E-state index contributed by atoms with van der Waals surface area (Å²) in [7, 11) is 0. The van der Waals surface area contributed by atoms with E-state index >= 15 is 0 Å². The van der Waals surface area contributed by atoms with Gasteiger partial charge in [-0.25, -0.2) is 0 Å². The van der Waals surface area contributed by atoms with Gasteiger partial charge in [0.2, 0.25) is 5.91 Å². The number of amides is 1. The van der Waals surface area contributed by atoms with Crippen LogP contribution < -0.4 is 10.1 Å². The molecule has 0 radical (unpaired) electrons. The highest BCUT2D eigenvalue weighted by atomic mass is 32.2. The average molecular weight is 1110 g/mol. The molecule has 77 heavy (non-hydrogen) atoms. The molecule has 0 atom stereocenters. The molecule has 0 aromatic heterocycles. The lowest BCUT2D eigenvalue weighted by Gasteiger charge is -2.34. The van der Waals surface area contributed by atoms with Crippen LogP contribution in [0.2, 0.25) is 0 Å².